The molecule has 0 heterocycles. The number of rotatable bonds is 57. The molecule has 70 heavy (non-hydrogen) atoms. The zero-order chi connectivity index (χ0) is 50.7. The Balaban J connectivity index is 4.35. The molecule has 410 valence electrons. The molecule has 0 aliphatic carbocycles. The minimum Gasteiger partial charge on any atom is -0.462 e. The Morgan fingerprint density at radius 2 is 0.514 bits per heavy atom. The lowest BCUT2D eigenvalue weighted by Gasteiger charge is -2.18. The molecule has 0 saturated carbocycles. The van der Waals surface area contributed by atoms with Gasteiger partial charge in [-0.2, -0.15) is 0 Å². The fourth-order valence-corrected chi connectivity index (χ4v) is 9.20. The average molecular weight is 984 g/mol. The molecule has 6 heteroatoms. The summed E-state index contributed by atoms with van der Waals surface area (Å²) >= 11 is 0. The van der Waals surface area contributed by atoms with E-state index in [-0.39, 0.29) is 31.1 Å². The van der Waals surface area contributed by atoms with E-state index in [1.165, 1.54) is 225 Å². The van der Waals surface area contributed by atoms with Crippen LogP contribution in [0.1, 0.15) is 335 Å². The van der Waals surface area contributed by atoms with Crippen LogP contribution in [0.25, 0.3) is 0 Å². The van der Waals surface area contributed by atoms with Crippen molar-refractivity contribution in [1.82, 2.24) is 0 Å². The van der Waals surface area contributed by atoms with Crippen molar-refractivity contribution in [2.24, 2.45) is 0 Å². The summed E-state index contributed by atoms with van der Waals surface area (Å²) in [5.41, 5.74) is 0. The highest BCUT2D eigenvalue weighted by Crippen LogP contribution is 2.17. The molecule has 0 bridgehead atoms. The normalized spacial score (nSPS) is 12.2. The Kier molecular flexibility index (Phi) is 57.2. The van der Waals surface area contributed by atoms with E-state index in [1.54, 1.807) is 0 Å². The van der Waals surface area contributed by atoms with E-state index < -0.39 is 6.10 Å². The highest BCUT2D eigenvalue weighted by molar-refractivity contribution is 5.71. The number of carbonyl (C=O) groups excluding carboxylic acids is 3. The van der Waals surface area contributed by atoms with Gasteiger partial charge in [-0.25, -0.2) is 0 Å². The van der Waals surface area contributed by atoms with Crippen LogP contribution in [0.4, 0.5) is 0 Å². The number of hydrogen-bond acceptors (Lipinski definition) is 6. The highest BCUT2D eigenvalue weighted by atomic mass is 16.6. The first kappa shape index (κ1) is 67.6. The molecule has 0 aliphatic rings. The van der Waals surface area contributed by atoms with Crippen molar-refractivity contribution in [3.05, 3.63) is 36.5 Å². The third-order valence-corrected chi connectivity index (χ3v) is 13.9. The van der Waals surface area contributed by atoms with Gasteiger partial charge in [0.05, 0.1) is 0 Å². The Labute approximate surface area is 435 Å². The Morgan fingerprint density at radius 1 is 0.286 bits per heavy atom. The maximum atomic E-state index is 12.9. The monoisotopic (exact) mass is 983 g/mol. The molecule has 1 unspecified atom stereocenters. The number of ether oxygens (including phenoxy) is 3. The van der Waals surface area contributed by atoms with Gasteiger partial charge in [-0.3, -0.25) is 14.4 Å². The van der Waals surface area contributed by atoms with Gasteiger partial charge in [0, 0.05) is 19.3 Å². The quantitative estimate of drug-likeness (QED) is 0.0199. The summed E-state index contributed by atoms with van der Waals surface area (Å²) in [5.74, 6) is -0.874. The van der Waals surface area contributed by atoms with Crippen LogP contribution in [0.5, 0.6) is 0 Å². The van der Waals surface area contributed by atoms with Crippen molar-refractivity contribution in [1.29, 1.82) is 0 Å². The fourth-order valence-electron chi connectivity index (χ4n) is 9.20. The number of hydrogen-bond donors (Lipinski definition) is 0. The third kappa shape index (κ3) is 56.5. The number of unbranched alkanes of at least 4 members (excludes halogenated alkanes) is 41. The summed E-state index contributed by atoms with van der Waals surface area (Å²) in [6.07, 6.45) is 71.4. The second-order valence-corrected chi connectivity index (χ2v) is 21.0. The lowest BCUT2D eigenvalue weighted by atomic mass is 10.0. The van der Waals surface area contributed by atoms with E-state index in [9.17, 15) is 14.4 Å². The standard InChI is InChI=1S/C64H118O6/c1-4-7-10-13-16-19-22-25-28-30-32-34-36-39-42-45-48-51-54-57-63(66)69-60-61(59-68-62(65)56-53-50-47-44-41-38-35-27-24-21-18-15-12-9-6-3)70-64(67)58-55-52-49-46-43-40-37-33-31-29-26-23-20-17-14-11-8-5-2/h18,21,24,27,33,37,61H,4-17,19-20,22-23,25-26,28-32,34-36,38-60H2,1-3H3/b21-18-,27-24-,37-33-. The Morgan fingerprint density at radius 3 is 0.829 bits per heavy atom. The minimum absolute atomic E-state index is 0.0753. The Bertz CT molecular complexity index is 1170. The van der Waals surface area contributed by atoms with E-state index in [2.05, 4.69) is 57.2 Å². The summed E-state index contributed by atoms with van der Waals surface area (Å²) in [7, 11) is 0. The van der Waals surface area contributed by atoms with Crippen LogP contribution < -0.4 is 0 Å². The maximum Gasteiger partial charge on any atom is 0.306 e. The fraction of sp³-hybridized carbons (Fsp3) is 0.859. The molecule has 0 aromatic heterocycles. The first-order valence-corrected chi connectivity index (χ1v) is 31.0. The van der Waals surface area contributed by atoms with Crippen LogP contribution in [0.15, 0.2) is 36.5 Å². The van der Waals surface area contributed by atoms with E-state index >= 15 is 0 Å². The molecule has 1 atom stereocenters. The van der Waals surface area contributed by atoms with Gasteiger partial charge in [-0.05, 0) is 70.6 Å². The first-order chi connectivity index (χ1) is 34.5. The van der Waals surface area contributed by atoms with Crippen LogP contribution in [-0.4, -0.2) is 37.2 Å². The minimum atomic E-state index is -0.779. The molecule has 0 radical (unpaired) electrons. The van der Waals surface area contributed by atoms with Crippen LogP contribution >= 0.6 is 0 Å². The summed E-state index contributed by atoms with van der Waals surface area (Å²) in [5, 5.41) is 0. The highest BCUT2D eigenvalue weighted by Gasteiger charge is 2.19. The molecule has 0 N–H and O–H groups in total. The summed E-state index contributed by atoms with van der Waals surface area (Å²) in [6.45, 7) is 6.65. The smallest absolute Gasteiger partial charge is 0.306 e. The van der Waals surface area contributed by atoms with Crippen LogP contribution in [0, 0.1) is 0 Å². The van der Waals surface area contributed by atoms with Crippen LogP contribution in [-0.2, 0) is 28.6 Å². The first-order valence-electron chi connectivity index (χ1n) is 31.0. The van der Waals surface area contributed by atoms with Crippen molar-refractivity contribution >= 4 is 17.9 Å². The molecule has 0 amide bonds. The van der Waals surface area contributed by atoms with E-state index in [1.807, 2.05) is 0 Å². The molecule has 0 aromatic rings. The van der Waals surface area contributed by atoms with E-state index in [4.69, 9.17) is 14.2 Å². The summed E-state index contributed by atoms with van der Waals surface area (Å²) in [6, 6.07) is 0. The lowest BCUT2D eigenvalue weighted by Crippen LogP contribution is -2.30. The number of allylic oxidation sites excluding steroid dienone is 6. The molecule has 6 nitrogen and oxygen atoms in total. The predicted molar refractivity (Wildman–Crippen MR) is 302 cm³/mol. The molecular formula is C64H118O6. The van der Waals surface area contributed by atoms with Gasteiger partial charge in [0.25, 0.3) is 0 Å². The molecule has 0 rings (SSSR count). The molecule has 0 fully saturated rings. The third-order valence-electron chi connectivity index (χ3n) is 13.9. The second-order valence-electron chi connectivity index (χ2n) is 21.0. The summed E-state index contributed by atoms with van der Waals surface area (Å²) < 4.78 is 16.9. The zero-order valence-electron chi connectivity index (χ0n) is 47.1. The van der Waals surface area contributed by atoms with Gasteiger partial charge in [0.15, 0.2) is 6.10 Å². The topological polar surface area (TPSA) is 78.9 Å². The molecule has 0 saturated heterocycles. The van der Waals surface area contributed by atoms with Crippen molar-refractivity contribution < 1.29 is 28.6 Å². The second kappa shape index (κ2) is 59.2. The van der Waals surface area contributed by atoms with E-state index in [0.717, 1.165) is 70.6 Å². The Hall–Kier alpha value is -2.37. The van der Waals surface area contributed by atoms with Gasteiger partial charge in [-0.1, -0.05) is 282 Å². The SMILES string of the molecule is CCCCC/C=C\C=C/CCCCCCCCC(=O)OCC(COC(=O)CCCCCCCCCCCCCCCCCCCCC)OC(=O)CCCCCCC/C=C\CCCCCCCCCCC. The van der Waals surface area contributed by atoms with Gasteiger partial charge in [-0.15, -0.1) is 0 Å². The molecule has 0 aliphatic heterocycles. The van der Waals surface area contributed by atoms with E-state index in [0.29, 0.717) is 19.3 Å². The van der Waals surface area contributed by atoms with Gasteiger partial charge < -0.3 is 14.2 Å². The average Bonchev–Trinajstić information content (AvgIpc) is 3.36. The van der Waals surface area contributed by atoms with Crippen molar-refractivity contribution in [3.8, 4) is 0 Å². The molecule has 0 aromatic carbocycles. The molecular weight excluding hydrogens is 865 g/mol. The van der Waals surface area contributed by atoms with Crippen molar-refractivity contribution in [2.45, 2.75) is 341 Å². The molecule has 0 spiro atoms. The predicted octanol–water partition coefficient (Wildman–Crippen LogP) is 20.8. The van der Waals surface area contributed by atoms with Gasteiger partial charge in [0.1, 0.15) is 13.2 Å². The zero-order valence-corrected chi connectivity index (χ0v) is 47.1. The number of esters is 3. The number of carbonyl (C=O) groups is 3. The van der Waals surface area contributed by atoms with Gasteiger partial charge in [0.2, 0.25) is 0 Å². The van der Waals surface area contributed by atoms with Crippen molar-refractivity contribution in [3.63, 3.8) is 0 Å². The largest absolute Gasteiger partial charge is 0.462 e. The van der Waals surface area contributed by atoms with Crippen molar-refractivity contribution in [2.75, 3.05) is 13.2 Å². The maximum absolute atomic E-state index is 12.9. The van der Waals surface area contributed by atoms with Crippen LogP contribution in [0.3, 0.4) is 0 Å². The summed E-state index contributed by atoms with van der Waals surface area (Å²) in [4.78, 5) is 38.2. The lowest BCUT2D eigenvalue weighted by molar-refractivity contribution is -0.167. The van der Waals surface area contributed by atoms with Crippen LogP contribution in [0.2, 0.25) is 0 Å². The van der Waals surface area contributed by atoms with Gasteiger partial charge >= 0.3 is 17.9 Å².